The van der Waals surface area contributed by atoms with Gasteiger partial charge in [-0.1, -0.05) is 60.7 Å². The molecule has 10 heteroatoms. The molecule has 0 amide bonds. The second-order valence-electron chi connectivity index (χ2n) is 8.76. The SMILES string of the molecule is S=c1nc(N2CCOCC2)n(C=Cc2ccccc2)c(=S)n1C(=NC=Cc1ccccc1)N1CCOCC1. The summed E-state index contributed by atoms with van der Waals surface area (Å²) in [7, 11) is 0. The highest BCUT2D eigenvalue weighted by atomic mass is 32.1. The Kier molecular flexibility index (Phi) is 8.87. The summed E-state index contributed by atoms with van der Waals surface area (Å²) in [5.41, 5.74) is 2.12. The summed E-state index contributed by atoms with van der Waals surface area (Å²) in [5.74, 6) is 1.34. The Morgan fingerprint density at radius 2 is 1.37 bits per heavy atom. The van der Waals surface area contributed by atoms with Crippen molar-refractivity contribution >= 4 is 54.7 Å². The summed E-state index contributed by atoms with van der Waals surface area (Å²) in [6.07, 6.45) is 7.73. The van der Waals surface area contributed by atoms with Gasteiger partial charge in [0.2, 0.25) is 16.7 Å². The van der Waals surface area contributed by atoms with Crippen LogP contribution in [0.15, 0.2) is 71.9 Å². The molecule has 3 heterocycles. The number of ether oxygens (including phenoxy) is 2. The van der Waals surface area contributed by atoms with Gasteiger partial charge in [-0.25, -0.2) is 9.56 Å². The summed E-state index contributed by atoms with van der Waals surface area (Å²) in [5, 5.41) is 0. The average Bonchev–Trinajstić information content (AvgIpc) is 2.97. The molecule has 0 spiro atoms. The number of benzene rings is 2. The predicted molar refractivity (Wildman–Crippen MR) is 157 cm³/mol. The van der Waals surface area contributed by atoms with Gasteiger partial charge >= 0.3 is 0 Å². The highest BCUT2D eigenvalue weighted by molar-refractivity contribution is 7.72. The number of nitrogens with zero attached hydrogens (tertiary/aromatic N) is 6. The third kappa shape index (κ3) is 6.33. The molecule has 0 saturated carbocycles. The number of aliphatic imine (C=N–C) groups is 1. The molecule has 0 unspecified atom stereocenters. The Labute approximate surface area is 232 Å². The summed E-state index contributed by atoms with van der Waals surface area (Å²) in [4.78, 5) is 14.1. The van der Waals surface area contributed by atoms with Gasteiger partial charge in [0.1, 0.15) is 0 Å². The predicted octanol–water partition coefficient (Wildman–Crippen LogP) is 4.82. The number of hydrogen-bond donors (Lipinski definition) is 0. The summed E-state index contributed by atoms with van der Waals surface area (Å²) >= 11 is 11.9. The number of morpholine rings is 2. The van der Waals surface area contributed by atoms with E-state index in [0.717, 1.165) is 11.1 Å². The molecule has 0 N–H and O–H groups in total. The van der Waals surface area contributed by atoms with Crippen molar-refractivity contribution in [1.29, 1.82) is 0 Å². The van der Waals surface area contributed by atoms with Crippen LogP contribution in [0, 0.1) is 9.54 Å². The topological polar surface area (TPSA) is 60.0 Å². The molecule has 8 nitrogen and oxygen atoms in total. The van der Waals surface area contributed by atoms with E-state index in [0.29, 0.717) is 74.1 Å². The van der Waals surface area contributed by atoms with Crippen molar-refractivity contribution in [2.75, 3.05) is 57.5 Å². The van der Waals surface area contributed by atoms with Crippen molar-refractivity contribution < 1.29 is 9.47 Å². The quantitative estimate of drug-likeness (QED) is 0.258. The highest BCUT2D eigenvalue weighted by Gasteiger charge is 2.22. The van der Waals surface area contributed by atoms with Gasteiger partial charge < -0.3 is 19.3 Å². The van der Waals surface area contributed by atoms with Crippen LogP contribution in [-0.2, 0) is 9.47 Å². The Morgan fingerprint density at radius 3 is 2.00 bits per heavy atom. The van der Waals surface area contributed by atoms with Crippen molar-refractivity contribution in [2.45, 2.75) is 0 Å². The average molecular weight is 547 g/mol. The van der Waals surface area contributed by atoms with Gasteiger partial charge in [-0.3, -0.25) is 4.57 Å². The van der Waals surface area contributed by atoms with Crippen LogP contribution in [0.3, 0.4) is 0 Å². The van der Waals surface area contributed by atoms with E-state index in [-0.39, 0.29) is 0 Å². The van der Waals surface area contributed by atoms with Crippen molar-refractivity contribution in [3.05, 3.63) is 87.5 Å². The van der Waals surface area contributed by atoms with Crippen molar-refractivity contribution in [3.63, 3.8) is 0 Å². The minimum atomic E-state index is 0.360. The third-order valence-corrected chi connectivity index (χ3v) is 6.91. The molecule has 196 valence electrons. The van der Waals surface area contributed by atoms with Crippen LogP contribution in [0.1, 0.15) is 11.1 Å². The number of rotatable bonds is 5. The number of aromatic nitrogens is 3. The first-order valence-corrected chi connectivity index (χ1v) is 13.5. The molecule has 2 aromatic carbocycles. The Morgan fingerprint density at radius 1 is 0.789 bits per heavy atom. The third-order valence-electron chi connectivity index (χ3n) is 6.26. The van der Waals surface area contributed by atoms with Gasteiger partial charge in [-0.2, -0.15) is 4.98 Å². The fourth-order valence-electron chi connectivity index (χ4n) is 4.28. The standard InChI is InChI=1S/C28H30N6O2S2/c37-27-30-26(32-17-21-36-22-18-32)33(14-12-24-9-5-2-6-10-24)28(38)34(27)25(31-15-19-35-20-16-31)29-13-11-23-7-3-1-4-8-23/h1-14H,15-22H2. The molecule has 5 rings (SSSR count). The van der Waals surface area contributed by atoms with Gasteiger partial charge in [-0.15, -0.1) is 0 Å². The molecule has 38 heavy (non-hydrogen) atoms. The Hall–Kier alpha value is -3.44. The van der Waals surface area contributed by atoms with E-state index in [4.69, 9.17) is 43.9 Å². The molecule has 0 bridgehead atoms. The zero-order valence-electron chi connectivity index (χ0n) is 21.1. The maximum atomic E-state index is 6.09. The van der Waals surface area contributed by atoms with Gasteiger partial charge in [0.05, 0.1) is 26.4 Å². The first kappa shape index (κ1) is 26.2. The zero-order chi connectivity index (χ0) is 26.2. The molecule has 2 aliphatic heterocycles. The molecule has 2 fully saturated rings. The molecule has 0 atom stereocenters. The fourth-order valence-corrected chi connectivity index (χ4v) is 4.89. The van der Waals surface area contributed by atoms with E-state index in [9.17, 15) is 0 Å². The highest BCUT2D eigenvalue weighted by Crippen LogP contribution is 2.18. The van der Waals surface area contributed by atoms with Gasteiger partial charge in [0.15, 0.2) is 4.77 Å². The minimum absolute atomic E-state index is 0.360. The number of hydrogen-bond acceptors (Lipinski definition) is 7. The molecule has 0 aliphatic carbocycles. The maximum absolute atomic E-state index is 6.09. The van der Waals surface area contributed by atoms with Crippen molar-refractivity contribution in [2.24, 2.45) is 4.99 Å². The smallest absolute Gasteiger partial charge is 0.214 e. The normalized spacial score (nSPS) is 17.0. The summed E-state index contributed by atoms with van der Waals surface area (Å²) < 4.78 is 15.7. The Balaban J connectivity index is 1.62. The molecule has 3 aromatic rings. The van der Waals surface area contributed by atoms with Crippen LogP contribution in [-0.4, -0.2) is 77.6 Å². The van der Waals surface area contributed by atoms with Crippen LogP contribution in [0.4, 0.5) is 5.95 Å². The molecule has 1 aromatic heterocycles. The lowest BCUT2D eigenvalue weighted by Gasteiger charge is -2.32. The van der Waals surface area contributed by atoms with E-state index in [1.54, 1.807) is 10.8 Å². The molecule has 0 radical (unpaired) electrons. The van der Waals surface area contributed by atoms with Gasteiger partial charge in [0.25, 0.3) is 0 Å². The van der Waals surface area contributed by atoms with Crippen molar-refractivity contribution in [1.82, 2.24) is 19.0 Å². The maximum Gasteiger partial charge on any atom is 0.214 e. The van der Waals surface area contributed by atoms with Gasteiger partial charge in [-0.05, 0) is 47.7 Å². The van der Waals surface area contributed by atoms with Crippen molar-refractivity contribution in [3.8, 4) is 0 Å². The van der Waals surface area contributed by atoms with Crippen LogP contribution >= 0.6 is 24.4 Å². The summed E-state index contributed by atoms with van der Waals surface area (Å²) in [6.45, 7) is 5.25. The largest absolute Gasteiger partial charge is 0.378 e. The lowest BCUT2D eigenvalue weighted by Crippen LogP contribution is -2.45. The first-order valence-electron chi connectivity index (χ1n) is 12.6. The van der Waals surface area contributed by atoms with Crippen LogP contribution in [0.25, 0.3) is 18.4 Å². The van der Waals surface area contributed by atoms with Crippen LogP contribution in [0.5, 0.6) is 0 Å². The second-order valence-corrected chi connectivity index (χ2v) is 9.49. The number of anilines is 1. The van der Waals surface area contributed by atoms with E-state index in [1.807, 2.05) is 83.6 Å². The van der Waals surface area contributed by atoms with E-state index < -0.39 is 0 Å². The molecule has 2 aliphatic rings. The summed E-state index contributed by atoms with van der Waals surface area (Å²) in [6, 6.07) is 20.2. The molecular formula is C28H30N6O2S2. The fraction of sp³-hybridized carbons (Fsp3) is 0.286. The van der Waals surface area contributed by atoms with E-state index in [2.05, 4.69) is 9.80 Å². The first-order chi connectivity index (χ1) is 18.7. The lowest BCUT2D eigenvalue weighted by atomic mass is 10.2. The van der Waals surface area contributed by atoms with E-state index >= 15 is 0 Å². The van der Waals surface area contributed by atoms with Gasteiger partial charge in [0, 0.05) is 38.6 Å². The molecule has 2 saturated heterocycles. The molecular weight excluding hydrogens is 516 g/mol. The second kappa shape index (κ2) is 12.9. The lowest BCUT2D eigenvalue weighted by molar-refractivity contribution is 0.0665. The zero-order valence-corrected chi connectivity index (χ0v) is 22.7. The van der Waals surface area contributed by atoms with Crippen LogP contribution in [0.2, 0.25) is 0 Å². The Bertz CT molecular complexity index is 1420. The van der Waals surface area contributed by atoms with E-state index in [1.165, 1.54) is 0 Å². The minimum Gasteiger partial charge on any atom is -0.378 e. The monoisotopic (exact) mass is 546 g/mol. The van der Waals surface area contributed by atoms with Crippen LogP contribution < -0.4 is 4.90 Å².